The molecule has 2 aliphatic carbocycles. The first kappa shape index (κ1) is 36.8. The summed E-state index contributed by atoms with van der Waals surface area (Å²) >= 11 is 0. The molecule has 0 bridgehead atoms. The summed E-state index contributed by atoms with van der Waals surface area (Å²) < 4.78 is 0. The number of hydrogen-bond donors (Lipinski definition) is 0. The molecule has 0 saturated heterocycles. The van der Waals surface area contributed by atoms with Gasteiger partial charge in [-0.25, -0.2) is 0 Å². The van der Waals surface area contributed by atoms with Gasteiger partial charge in [0.05, 0.1) is 19.2 Å². The molecule has 0 spiro atoms. The summed E-state index contributed by atoms with van der Waals surface area (Å²) in [7, 11) is -1.70. The van der Waals surface area contributed by atoms with Gasteiger partial charge in [0.2, 0.25) is 0 Å². The number of hydrogen-bond acceptors (Lipinski definition) is 3. The number of anilines is 7. The summed E-state index contributed by atoms with van der Waals surface area (Å²) in [6.07, 6.45) is 7.19. The summed E-state index contributed by atoms with van der Waals surface area (Å²) in [5.41, 5.74) is 22.1. The van der Waals surface area contributed by atoms with Crippen LogP contribution < -0.4 is 36.3 Å². The maximum atomic E-state index is 2.94. The monoisotopic (exact) mass is 799 g/mol. The van der Waals surface area contributed by atoms with Gasteiger partial charge < -0.3 is 14.7 Å². The summed E-state index contributed by atoms with van der Waals surface area (Å²) in [6, 6.07) is 46.0. The van der Waals surface area contributed by atoms with Crippen molar-refractivity contribution in [3.63, 3.8) is 0 Å². The molecule has 4 heterocycles. The first-order valence-electron chi connectivity index (χ1n) is 22.8. The minimum absolute atomic E-state index is 0.0422. The van der Waals surface area contributed by atoms with E-state index in [1.54, 1.807) is 10.8 Å². The van der Waals surface area contributed by atoms with Crippen LogP contribution in [0.4, 0.5) is 39.8 Å². The van der Waals surface area contributed by atoms with Crippen molar-refractivity contribution >= 4 is 76.2 Å². The molecule has 4 atom stereocenters. The lowest BCUT2D eigenvalue weighted by molar-refractivity contribution is 0.195. The number of para-hydroxylation sites is 1. The van der Waals surface area contributed by atoms with Crippen LogP contribution in [0, 0.1) is 13.8 Å². The lowest BCUT2D eigenvalue weighted by Crippen LogP contribution is -2.65. The second-order valence-electron chi connectivity index (χ2n) is 21.3. The van der Waals surface area contributed by atoms with Crippen molar-refractivity contribution in [2.45, 2.75) is 122 Å². The van der Waals surface area contributed by atoms with Crippen molar-refractivity contribution in [2.75, 3.05) is 14.7 Å². The van der Waals surface area contributed by atoms with Crippen LogP contribution in [0.15, 0.2) is 115 Å². The maximum absolute atomic E-state index is 2.94. The minimum atomic E-state index is -1.70. The number of aryl methyl sites for hydroxylation is 3. The molecule has 1 fully saturated rings. The average Bonchev–Trinajstić information content (AvgIpc) is 3.58. The zero-order valence-electron chi connectivity index (χ0n) is 37.1. The fourth-order valence-electron chi connectivity index (χ4n) is 13.7. The summed E-state index contributed by atoms with van der Waals surface area (Å²) in [4.78, 5) is 8.38. The Hall–Kier alpha value is -5.00. The molecule has 4 unspecified atom stereocenters. The molecule has 12 rings (SSSR count). The molecule has 0 aromatic heterocycles. The van der Waals surface area contributed by atoms with E-state index in [2.05, 4.69) is 191 Å². The largest absolute Gasteiger partial charge is 0.335 e. The van der Waals surface area contributed by atoms with Gasteiger partial charge in [-0.3, -0.25) is 0 Å². The topological polar surface area (TPSA) is 9.72 Å². The van der Waals surface area contributed by atoms with Gasteiger partial charge in [0.1, 0.15) is 0 Å². The fourth-order valence-corrected chi connectivity index (χ4v) is 14.8. The van der Waals surface area contributed by atoms with Gasteiger partial charge >= 0.3 is 0 Å². The second kappa shape index (κ2) is 11.9. The lowest BCUT2D eigenvalue weighted by Gasteiger charge is -2.54. The normalized spacial score (nSPS) is 26.5. The van der Waals surface area contributed by atoms with Crippen LogP contribution in [0.3, 0.4) is 0 Å². The molecule has 5 heteroatoms. The first-order valence-corrected chi connectivity index (χ1v) is 26.3. The quantitative estimate of drug-likeness (QED) is 0.165. The molecule has 1 saturated carbocycles. The van der Waals surface area contributed by atoms with Crippen molar-refractivity contribution in [3.8, 4) is 0 Å². The second-order valence-corrected chi connectivity index (χ2v) is 26.4. The van der Waals surface area contributed by atoms with Crippen LogP contribution in [-0.4, -0.2) is 20.3 Å². The van der Waals surface area contributed by atoms with Crippen LogP contribution in [0.1, 0.15) is 93.2 Å². The predicted molar refractivity (Wildman–Crippen MR) is 259 cm³/mol. The van der Waals surface area contributed by atoms with Crippen LogP contribution in [0.2, 0.25) is 19.6 Å². The highest BCUT2D eigenvalue weighted by atomic mass is 28.3. The van der Waals surface area contributed by atoms with E-state index in [4.69, 9.17) is 0 Å². The minimum Gasteiger partial charge on any atom is -0.335 e. The highest BCUT2D eigenvalue weighted by molar-refractivity contribution is 7.01. The standard InChI is InChI=1S/C55H58BN3Si/c1-35-20-23-38(24-21-35)57-47-25-22-36(2)30-44(47)56-45-34-40(60(7,8)9)33-43-51(45)59(54(5)28-15-14-27-52(43,54)3)49-32-39(31-48(57)50(49)56)58-46-19-13-12-18-42(46)53(4)29-26-37-16-10-11-17-41(37)55(53,58)6/h10-13,16-25,30-34H,14-15,26-29H2,1-9H3. The van der Waals surface area contributed by atoms with Crippen molar-refractivity contribution in [3.05, 3.63) is 149 Å². The van der Waals surface area contributed by atoms with Gasteiger partial charge in [-0.1, -0.05) is 142 Å². The first-order chi connectivity index (χ1) is 28.7. The number of benzene rings is 6. The third kappa shape index (κ3) is 4.37. The Kier molecular flexibility index (Phi) is 7.29. The molecule has 0 N–H and O–H groups in total. The van der Waals surface area contributed by atoms with E-state index >= 15 is 0 Å². The molecule has 6 aliphatic rings. The van der Waals surface area contributed by atoms with Crippen LogP contribution in [0.5, 0.6) is 0 Å². The lowest BCUT2D eigenvalue weighted by atomic mass is 9.33. The third-order valence-electron chi connectivity index (χ3n) is 17.3. The number of nitrogens with zero attached hydrogens (tertiary/aromatic N) is 3. The molecule has 3 nitrogen and oxygen atoms in total. The molecule has 60 heavy (non-hydrogen) atoms. The maximum Gasteiger partial charge on any atom is 0.252 e. The Bertz CT molecular complexity index is 2840. The van der Waals surface area contributed by atoms with Crippen LogP contribution >= 0.6 is 0 Å². The van der Waals surface area contributed by atoms with Gasteiger partial charge in [0.15, 0.2) is 0 Å². The number of rotatable bonds is 3. The van der Waals surface area contributed by atoms with Gasteiger partial charge in [-0.05, 0) is 128 Å². The molecular weight excluding hydrogens is 742 g/mol. The summed E-state index contributed by atoms with van der Waals surface area (Å²) in [5.74, 6) is 0. The zero-order chi connectivity index (χ0) is 41.3. The molecular formula is C55H58BN3Si. The molecule has 0 amide bonds. The average molecular weight is 800 g/mol. The van der Waals surface area contributed by atoms with Crippen molar-refractivity contribution in [1.82, 2.24) is 0 Å². The van der Waals surface area contributed by atoms with Gasteiger partial charge in [-0.15, -0.1) is 0 Å². The van der Waals surface area contributed by atoms with E-state index in [9.17, 15) is 0 Å². The van der Waals surface area contributed by atoms with Gasteiger partial charge in [0.25, 0.3) is 6.71 Å². The van der Waals surface area contributed by atoms with Crippen LogP contribution in [0.25, 0.3) is 0 Å². The van der Waals surface area contributed by atoms with Crippen molar-refractivity contribution in [1.29, 1.82) is 0 Å². The Balaban J connectivity index is 1.23. The zero-order valence-corrected chi connectivity index (χ0v) is 38.1. The smallest absolute Gasteiger partial charge is 0.252 e. The summed E-state index contributed by atoms with van der Waals surface area (Å²) in [5, 5.41) is 1.60. The Labute approximate surface area is 359 Å². The van der Waals surface area contributed by atoms with E-state index in [1.165, 1.54) is 110 Å². The van der Waals surface area contributed by atoms with E-state index in [1.807, 2.05) is 0 Å². The Morgan fingerprint density at radius 1 is 0.550 bits per heavy atom. The van der Waals surface area contributed by atoms with Crippen molar-refractivity contribution in [2.24, 2.45) is 0 Å². The molecule has 0 radical (unpaired) electrons. The highest BCUT2D eigenvalue weighted by Crippen LogP contribution is 2.66. The highest BCUT2D eigenvalue weighted by Gasteiger charge is 2.63. The van der Waals surface area contributed by atoms with Gasteiger partial charge in [-0.2, -0.15) is 0 Å². The molecule has 300 valence electrons. The van der Waals surface area contributed by atoms with E-state index < -0.39 is 8.07 Å². The van der Waals surface area contributed by atoms with Gasteiger partial charge in [0, 0.05) is 50.6 Å². The molecule has 4 aliphatic heterocycles. The Morgan fingerprint density at radius 2 is 1.25 bits per heavy atom. The number of fused-ring (bicyclic) bond motifs is 12. The fraction of sp³-hybridized carbons (Fsp3) is 0.345. The van der Waals surface area contributed by atoms with E-state index in [0.717, 1.165) is 12.8 Å². The van der Waals surface area contributed by atoms with Crippen molar-refractivity contribution < 1.29 is 0 Å². The molecule has 6 aromatic carbocycles. The van der Waals surface area contributed by atoms with E-state index in [0.29, 0.717) is 0 Å². The predicted octanol–water partition coefficient (Wildman–Crippen LogP) is 11.5. The van der Waals surface area contributed by atoms with Crippen LogP contribution in [-0.2, 0) is 22.8 Å². The molecule has 6 aromatic rings. The summed E-state index contributed by atoms with van der Waals surface area (Å²) in [6.45, 7) is 22.7. The van der Waals surface area contributed by atoms with E-state index in [-0.39, 0.29) is 28.6 Å². The third-order valence-corrected chi connectivity index (χ3v) is 19.3. The Morgan fingerprint density at radius 3 is 2.03 bits per heavy atom. The SMILES string of the molecule is Cc1ccc(N2c3ccc(C)cc3B3c4cc([Si](C)(C)C)cc5c4N(c4cc(N6c7ccccc7C7(C)CCc8ccccc8C67C)cc2c43)C2(C)CCCCC52C)cc1.